The highest BCUT2D eigenvalue weighted by atomic mass is 35.5. The molecular weight excluding hydrogens is 264 g/mol. The summed E-state index contributed by atoms with van der Waals surface area (Å²) in [6.45, 7) is 4.77. The van der Waals surface area contributed by atoms with Crippen molar-refractivity contribution in [1.82, 2.24) is 0 Å². The summed E-state index contributed by atoms with van der Waals surface area (Å²) in [5.41, 5.74) is 6.48. The van der Waals surface area contributed by atoms with Crippen LogP contribution in [0, 0.1) is 0 Å². The SMILES string of the molecule is CCCOc1ccc(NC(=O)C(N)CCC)cc1.Cl. The third-order valence-electron chi connectivity index (χ3n) is 2.53. The molecule has 1 unspecified atom stereocenters. The van der Waals surface area contributed by atoms with Gasteiger partial charge in [0.15, 0.2) is 0 Å². The minimum absolute atomic E-state index is 0. The second kappa shape index (κ2) is 9.64. The molecular formula is C14H23ClN2O2. The smallest absolute Gasteiger partial charge is 0.241 e. The zero-order chi connectivity index (χ0) is 13.4. The van der Waals surface area contributed by atoms with Crippen molar-refractivity contribution < 1.29 is 9.53 Å². The van der Waals surface area contributed by atoms with Crippen molar-refractivity contribution in [3.8, 4) is 5.75 Å². The predicted octanol–water partition coefficient (Wildman–Crippen LogP) is 2.96. The van der Waals surface area contributed by atoms with Gasteiger partial charge in [-0.05, 0) is 37.1 Å². The number of rotatable bonds is 7. The molecule has 0 heterocycles. The average molecular weight is 287 g/mol. The Morgan fingerprint density at radius 1 is 1.26 bits per heavy atom. The summed E-state index contributed by atoms with van der Waals surface area (Å²) in [5.74, 6) is 0.673. The summed E-state index contributed by atoms with van der Waals surface area (Å²) < 4.78 is 5.46. The minimum atomic E-state index is -0.439. The zero-order valence-electron chi connectivity index (χ0n) is 11.5. The number of benzene rings is 1. The molecule has 1 aromatic carbocycles. The second-order valence-electron chi connectivity index (χ2n) is 4.26. The van der Waals surface area contributed by atoms with E-state index in [1.54, 1.807) is 0 Å². The second-order valence-corrected chi connectivity index (χ2v) is 4.26. The number of hydrogen-bond acceptors (Lipinski definition) is 3. The van der Waals surface area contributed by atoms with Crippen molar-refractivity contribution in [3.05, 3.63) is 24.3 Å². The number of carbonyl (C=O) groups is 1. The minimum Gasteiger partial charge on any atom is -0.494 e. The molecule has 4 nitrogen and oxygen atoms in total. The van der Waals surface area contributed by atoms with Crippen LogP contribution in [0.2, 0.25) is 0 Å². The largest absolute Gasteiger partial charge is 0.494 e. The molecule has 0 spiro atoms. The molecule has 5 heteroatoms. The van der Waals surface area contributed by atoms with Crippen LogP contribution < -0.4 is 15.8 Å². The van der Waals surface area contributed by atoms with E-state index in [1.807, 2.05) is 31.2 Å². The first-order valence-electron chi connectivity index (χ1n) is 6.46. The number of ether oxygens (including phenoxy) is 1. The zero-order valence-corrected chi connectivity index (χ0v) is 12.3. The van der Waals surface area contributed by atoms with Crippen LogP contribution in [0.4, 0.5) is 5.69 Å². The van der Waals surface area contributed by atoms with E-state index in [0.29, 0.717) is 13.0 Å². The van der Waals surface area contributed by atoms with Gasteiger partial charge in [0, 0.05) is 5.69 Å². The van der Waals surface area contributed by atoms with Crippen molar-refractivity contribution in [1.29, 1.82) is 0 Å². The van der Waals surface area contributed by atoms with Crippen LogP contribution in [0.5, 0.6) is 5.75 Å². The maximum absolute atomic E-state index is 11.7. The molecule has 1 amide bonds. The molecule has 0 fully saturated rings. The number of anilines is 1. The molecule has 0 radical (unpaired) electrons. The lowest BCUT2D eigenvalue weighted by atomic mass is 10.1. The van der Waals surface area contributed by atoms with Gasteiger partial charge in [0.25, 0.3) is 0 Å². The number of nitrogens with one attached hydrogen (secondary N) is 1. The van der Waals surface area contributed by atoms with Gasteiger partial charge in [-0.15, -0.1) is 12.4 Å². The number of halogens is 1. The van der Waals surface area contributed by atoms with Gasteiger partial charge >= 0.3 is 0 Å². The van der Waals surface area contributed by atoms with Crippen LogP contribution in [0.3, 0.4) is 0 Å². The summed E-state index contributed by atoms with van der Waals surface area (Å²) in [5, 5.41) is 2.79. The van der Waals surface area contributed by atoms with Crippen molar-refractivity contribution in [2.75, 3.05) is 11.9 Å². The van der Waals surface area contributed by atoms with E-state index in [0.717, 1.165) is 24.3 Å². The topological polar surface area (TPSA) is 64.3 Å². The average Bonchev–Trinajstić information content (AvgIpc) is 2.38. The van der Waals surface area contributed by atoms with Gasteiger partial charge < -0.3 is 15.8 Å². The number of amides is 1. The lowest BCUT2D eigenvalue weighted by Gasteiger charge is -2.11. The monoisotopic (exact) mass is 286 g/mol. The Kier molecular flexibility index (Phi) is 9.00. The van der Waals surface area contributed by atoms with E-state index < -0.39 is 6.04 Å². The van der Waals surface area contributed by atoms with Crippen molar-refractivity contribution in [2.24, 2.45) is 5.73 Å². The summed E-state index contributed by atoms with van der Waals surface area (Å²) in [6.07, 6.45) is 2.58. The molecule has 0 aliphatic heterocycles. The fourth-order valence-electron chi connectivity index (χ4n) is 1.53. The van der Waals surface area contributed by atoms with Crippen molar-refractivity contribution >= 4 is 24.0 Å². The van der Waals surface area contributed by atoms with Crippen LogP contribution in [-0.4, -0.2) is 18.6 Å². The van der Waals surface area contributed by atoms with Crippen LogP contribution >= 0.6 is 12.4 Å². The van der Waals surface area contributed by atoms with Crippen LogP contribution in [0.25, 0.3) is 0 Å². The molecule has 0 saturated carbocycles. The lowest BCUT2D eigenvalue weighted by molar-refractivity contribution is -0.117. The Hall–Kier alpha value is -1.26. The summed E-state index contributed by atoms with van der Waals surface area (Å²) in [6, 6.07) is 6.89. The quantitative estimate of drug-likeness (QED) is 0.810. The molecule has 1 rings (SSSR count). The normalized spacial score (nSPS) is 11.3. The third kappa shape index (κ3) is 6.45. The Morgan fingerprint density at radius 2 is 1.89 bits per heavy atom. The standard InChI is InChI=1S/C14H22N2O2.ClH/c1-3-5-13(15)14(17)16-11-6-8-12(9-7-11)18-10-4-2;/h6-9,13H,3-5,10,15H2,1-2H3,(H,16,17);1H. The third-order valence-corrected chi connectivity index (χ3v) is 2.53. The highest BCUT2D eigenvalue weighted by Crippen LogP contribution is 2.16. The Morgan fingerprint density at radius 3 is 2.42 bits per heavy atom. The lowest BCUT2D eigenvalue weighted by Crippen LogP contribution is -2.35. The van der Waals surface area contributed by atoms with Gasteiger partial charge in [0.2, 0.25) is 5.91 Å². The van der Waals surface area contributed by atoms with E-state index in [-0.39, 0.29) is 18.3 Å². The van der Waals surface area contributed by atoms with Gasteiger partial charge in [-0.2, -0.15) is 0 Å². The fourth-order valence-corrected chi connectivity index (χ4v) is 1.53. The highest BCUT2D eigenvalue weighted by Gasteiger charge is 2.11. The molecule has 0 aliphatic rings. The maximum atomic E-state index is 11.7. The van der Waals surface area contributed by atoms with Gasteiger partial charge in [-0.3, -0.25) is 4.79 Å². The predicted molar refractivity (Wildman–Crippen MR) is 81.0 cm³/mol. The van der Waals surface area contributed by atoms with E-state index in [2.05, 4.69) is 12.2 Å². The first-order chi connectivity index (χ1) is 8.67. The summed E-state index contributed by atoms with van der Waals surface area (Å²) >= 11 is 0. The van der Waals surface area contributed by atoms with E-state index >= 15 is 0 Å². The van der Waals surface area contributed by atoms with Gasteiger partial charge in [0.1, 0.15) is 5.75 Å². The van der Waals surface area contributed by atoms with E-state index in [1.165, 1.54) is 0 Å². The molecule has 0 saturated heterocycles. The fraction of sp³-hybridized carbons (Fsp3) is 0.500. The number of hydrogen-bond donors (Lipinski definition) is 2. The molecule has 19 heavy (non-hydrogen) atoms. The Bertz CT molecular complexity index is 368. The van der Waals surface area contributed by atoms with Crippen LogP contribution in [0.1, 0.15) is 33.1 Å². The maximum Gasteiger partial charge on any atom is 0.241 e. The van der Waals surface area contributed by atoms with E-state index in [4.69, 9.17) is 10.5 Å². The molecule has 0 aromatic heterocycles. The van der Waals surface area contributed by atoms with Gasteiger partial charge in [-0.25, -0.2) is 0 Å². The Balaban J connectivity index is 0.00000324. The summed E-state index contributed by atoms with van der Waals surface area (Å²) in [4.78, 5) is 11.7. The van der Waals surface area contributed by atoms with Crippen molar-refractivity contribution in [3.63, 3.8) is 0 Å². The van der Waals surface area contributed by atoms with Gasteiger partial charge in [0.05, 0.1) is 12.6 Å². The van der Waals surface area contributed by atoms with Crippen LogP contribution in [-0.2, 0) is 4.79 Å². The molecule has 0 bridgehead atoms. The molecule has 1 aromatic rings. The van der Waals surface area contributed by atoms with Gasteiger partial charge in [-0.1, -0.05) is 20.3 Å². The molecule has 108 valence electrons. The molecule has 0 aliphatic carbocycles. The first-order valence-corrected chi connectivity index (χ1v) is 6.46. The first kappa shape index (κ1) is 17.7. The molecule has 1 atom stereocenters. The number of nitrogens with two attached hydrogens (primary N) is 1. The number of carbonyl (C=O) groups excluding carboxylic acids is 1. The highest BCUT2D eigenvalue weighted by molar-refractivity contribution is 5.94. The van der Waals surface area contributed by atoms with Crippen molar-refractivity contribution in [2.45, 2.75) is 39.2 Å². The van der Waals surface area contributed by atoms with E-state index in [9.17, 15) is 4.79 Å². The molecule has 3 N–H and O–H groups in total. The summed E-state index contributed by atoms with van der Waals surface area (Å²) in [7, 11) is 0. The van der Waals surface area contributed by atoms with Crippen LogP contribution in [0.15, 0.2) is 24.3 Å². The Labute approximate surface area is 121 Å².